The predicted molar refractivity (Wildman–Crippen MR) is 42.8 cm³/mol. The molecule has 0 aliphatic heterocycles. The summed E-state index contributed by atoms with van der Waals surface area (Å²) < 4.78 is 0. The standard InChI is InChI=1S/C8H15NO2/c1-6(2)3-7(5-10)4-8(9)11/h5-7H,3-4H2,1-2H3,(H2,9,11). The lowest BCUT2D eigenvalue weighted by Gasteiger charge is -2.09. The minimum absolute atomic E-state index is 0.182. The van der Waals surface area contributed by atoms with Crippen LogP contribution >= 0.6 is 0 Å². The van der Waals surface area contributed by atoms with Gasteiger partial charge >= 0.3 is 0 Å². The fraction of sp³-hybridized carbons (Fsp3) is 0.750. The summed E-state index contributed by atoms with van der Waals surface area (Å²) in [5, 5.41) is 0. The number of carbonyl (C=O) groups excluding carboxylic acids is 2. The molecular formula is C8H15NO2. The molecule has 0 aliphatic rings. The van der Waals surface area contributed by atoms with E-state index >= 15 is 0 Å². The highest BCUT2D eigenvalue weighted by atomic mass is 16.1. The van der Waals surface area contributed by atoms with E-state index in [0.29, 0.717) is 5.92 Å². The Morgan fingerprint density at radius 1 is 1.55 bits per heavy atom. The van der Waals surface area contributed by atoms with Crippen molar-refractivity contribution in [3.63, 3.8) is 0 Å². The molecule has 1 amide bonds. The van der Waals surface area contributed by atoms with Crippen molar-refractivity contribution in [3.8, 4) is 0 Å². The molecule has 0 spiro atoms. The molecule has 2 N–H and O–H groups in total. The third-order valence-corrected chi connectivity index (χ3v) is 1.43. The van der Waals surface area contributed by atoms with E-state index in [1.54, 1.807) is 0 Å². The largest absolute Gasteiger partial charge is 0.370 e. The van der Waals surface area contributed by atoms with E-state index in [0.717, 1.165) is 12.7 Å². The van der Waals surface area contributed by atoms with Crippen LogP contribution in [0.25, 0.3) is 0 Å². The second-order valence-electron chi connectivity index (χ2n) is 3.20. The van der Waals surface area contributed by atoms with Gasteiger partial charge in [0.1, 0.15) is 6.29 Å². The molecule has 0 saturated carbocycles. The number of primary amides is 1. The van der Waals surface area contributed by atoms with Crippen LogP contribution in [0.5, 0.6) is 0 Å². The number of hydrogen-bond donors (Lipinski definition) is 1. The molecule has 64 valence electrons. The van der Waals surface area contributed by atoms with Gasteiger partial charge in [0.15, 0.2) is 0 Å². The van der Waals surface area contributed by atoms with E-state index < -0.39 is 5.91 Å². The van der Waals surface area contributed by atoms with Crippen LogP contribution in [-0.2, 0) is 9.59 Å². The predicted octanol–water partition coefficient (Wildman–Crippen LogP) is 0.723. The van der Waals surface area contributed by atoms with Gasteiger partial charge in [0.05, 0.1) is 0 Å². The summed E-state index contributed by atoms with van der Waals surface area (Å²) in [6.07, 6.45) is 1.74. The van der Waals surface area contributed by atoms with Gasteiger partial charge in [-0.1, -0.05) is 13.8 Å². The Bertz CT molecular complexity index is 143. The zero-order chi connectivity index (χ0) is 8.85. The minimum Gasteiger partial charge on any atom is -0.370 e. The summed E-state index contributed by atoms with van der Waals surface area (Å²) in [5.74, 6) is -0.153. The summed E-state index contributed by atoms with van der Waals surface area (Å²) in [6.45, 7) is 4.02. The summed E-state index contributed by atoms with van der Waals surface area (Å²) in [7, 11) is 0. The molecule has 0 radical (unpaired) electrons. The van der Waals surface area contributed by atoms with Crippen molar-refractivity contribution in [2.75, 3.05) is 0 Å². The first-order valence-electron chi connectivity index (χ1n) is 3.79. The van der Waals surface area contributed by atoms with Crippen molar-refractivity contribution < 1.29 is 9.59 Å². The highest BCUT2D eigenvalue weighted by molar-refractivity contribution is 5.77. The van der Waals surface area contributed by atoms with Crippen LogP contribution in [-0.4, -0.2) is 12.2 Å². The van der Waals surface area contributed by atoms with Gasteiger partial charge in [-0.3, -0.25) is 4.79 Å². The van der Waals surface area contributed by atoms with E-state index in [2.05, 4.69) is 0 Å². The molecule has 0 aromatic carbocycles. The van der Waals surface area contributed by atoms with Gasteiger partial charge in [-0.15, -0.1) is 0 Å². The van der Waals surface area contributed by atoms with Crippen LogP contribution in [0, 0.1) is 11.8 Å². The van der Waals surface area contributed by atoms with Gasteiger partial charge in [0.2, 0.25) is 5.91 Å². The van der Waals surface area contributed by atoms with Crippen molar-refractivity contribution in [1.29, 1.82) is 0 Å². The van der Waals surface area contributed by atoms with Crippen molar-refractivity contribution in [3.05, 3.63) is 0 Å². The maximum atomic E-state index is 10.4. The fourth-order valence-corrected chi connectivity index (χ4v) is 1.05. The van der Waals surface area contributed by atoms with Crippen molar-refractivity contribution in [1.82, 2.24) is 0 Å². The van der Waals surface area contributed by atoms with Crippen LogP contribution in [0.2, 0.25) is 0 Å². The van der Waals surface area contributed by atoms with Crippen LogP contribution in [0.15, 0.2) is 0 Å². The van der Waals surface area contributed by atoms with E-state index in [9.17, 15) is 9.59 Å². The smallest absolute Gasteiger partial charge is 0.218 e. The Morgan fingerprint density at radius 2 is 2.09 bits per heavy atom. The molecule has 0 saturated heterocycles. The van der Waals surface area contributed by atoms with Crippen LogP contribution in [0.3, 0.4) is 0 Å². The lowest BCUT2D eigenvalue weighted by atomic mass is 9.95. The van der Waals surface area contributed by atoms with E-state index in [1.807, 2.05) is 13.8 Å². The zero-order valence-electron chi connectivity index (χ0n) is 7.04. The number of hydrogen-bond acceptors (Lipinski definition) is 2. The Kier molecular flexibility index (Phi) is 4.50. The van der Waals surface area contributed by atoms with Gasteiger partial charge in [-0.25, -0.2) is 0 Å². The summed E-state index contributed by atoms with van der Waals surface area (Å²) in [6, 6.07) is 0. The van der Waals surface area contributed by atoms with E-state index in [-0.39, 0.29) is 12.3 Å². The fourth-order valence-electron chi connectivity index (χ4n) is 1.05. The molecule has 1 atom stereocenters. The normalized spacial score (nSPS) is 13.0. The SMILES string of the molecule is CC(C)CC(C=O)CC(N)=O. The molecule has 11 heavy (non-hydrogen) atoms. The molecular weight excluding hydrogens is 142 g/mol. The third kappa shape index (κ3) is 5.58. The number of aldehydes is 1. The number of rotatable bonds is 5. The molecule has 3 nitrogen and oxygen atoms in total. The average Bonchev–Trinajstić information content (AvgIpc) is 1.84. The van der Waals surface area contributed by atoms with Crippen LogP contribution < -0.4 is 5.73 Å². The molecule has 3 heteroatoms. The molecule has 0 fully saturated rings. The first kappa shape index (κ1) is 10.1. The van der Waals surface area contributed by atoms with E-state index in [1.165, 1.54) is 0 Å². The zero-order valence-corrected chi connectivity index (χ0v) is 7.04. The number of nitrogens with two attached hydrogens (primary N) is 1. The topological polar surface area (TPSA) is 60.2 Å². The molecule has 0 heterocycles. The molecule has 0 aromatic heterocycles. The third-order valence-electron chi connectivity index (χ3n) is 1.43. The van der Waals surface area contributed by atoms with Gasteiger partial charge < -0.3 is 10.5 Å². The second kappa shape index (κ2) is 4.88. The number of carbonyl (C=O) groups is 2. The average molecular weight is 157 g/mol. The molecule has 0 aliphatic carbocycles. The van der Waals surface area contributed by atoms with E-state index in [4.69, 9.17) is 5.73 Å². The molecule has 0 rings (SSSR count). The minimum atomic E-state index is -0.400. The molecule has 1 unspecified atom stereocenters. The number of amides is 1. The lowest BCUT2D eigenvalue weighted by Crippen LogP contribution is -2.18. The van der Waals surface area contributed by atoms with Crippen molar-refractivity contribution >= 4 is 12.2 Å². The van der Waals surface area contributed by atoms with Gasteiger partial charge in [-0.2, -0.15) is 0 Å². The first-order valence-corrected chi connectivity index (χ1v) is 3.79. The van der Waals surface area contributed by atoms with Gasteiger partial charge in [-0.05, 0) is 12.3 Å². The van der Waals surface area contributed by atoms with Gasteiger partial charge in [0.25, 0.3) is 0 Å². The van der Waals surface area contributed by atoms with Crippen LogP contribution in [0.1, 0.15) is 26.7 Å². The quantitative estimate of drug-likeness (QED) is 0.598. The highest BCUT2D eigenvalue weighted by Gasteiger charge is 2.11. The maximum Gasteiger partial charge on any atom is 0.218 e. The second-order valence-corrected chi connectivity index (χ2v) is 3.20. The summed E-state index contributed by atoms with van der Waals surface area (Å²) >= 11 is 0. The highest BCUT2D eigenvalue weighted by Crippen LogP contribution is 2.12. The molecule has 0 aromatic rings. The Balaban J connectivity index is 3.76. The Hall–Kier alpha value is -0.860. The monoisotopic (exact) mass is 157 g/mol. The lowest BCUT2D eigenvalue weighted by molar-refractivity contribution is -0.122. The summed E-state index contributed by atoms with van der Waals surface area (Å²) in [4.78, 5) is 20.8. The summed E-state index contributed by atoms with van der Waals surface area (Å²) in [5.41, 5.74) is 4.95. The van der Waals surface area contributed by atoms with Gasteiger partial charge in [0, 0.05) is 12.3 Å². The Morgan fingerprint density at radius 3 is 2.36 bits per heavy atom. The first-order chi connectivity index (χ1) is 5.06. The Labute approximate surface area is 67.0 Å². The molecule has 0 bridgehead atoms. The van der Waals surface area contributed by atoms with Crippen molar-refractivity contribution in [2.24, 2.45) is 17.6 Å². The van der Waals surface area contributed by atoms with Crippen LogP contribution in [0.4, 0.5) is 0 Å². The van der Waals surface area contributed by atoms with Crippen molar-refractivity contribution in [2.45, 2.75) is 26.7 Å². The maximum absolute atomic E-state index is 10.4.